The number of benzene rings is 1. The molecule has 0 aliphatic heterocycles. The summed E-state index contributed by atoms with van der Waals surface area (Å²) < 4.78 is 12.0. The highest BCUT2D eigenvalue weighted by Crippen LogP contribution is 2.10. The van der Waals surface area contributed by atoms with Crippen molar-refractivity contribution in [3.63, 3.8) is 0 Å². The number of carboxylic acids is 1. The average molecular weight is 311 g/mol. The summed E-state index contributed by atoms with van der Waals surface area (Å²) in [7, 11) is -1.71. The number of aryl methyl sites for hydroxylation is 1. The van der Waals surface area contributed by atoms with Crippen molar-refractivity contribution in [1.82, 2.24) is 5.32 Å². The van der Waals surface area contributed by atoms with Crippen LogP contribution in [-0.4, -0.2) is 38.7 Å². The van der Waals surface area contributed by atoms with Crippen LogP contribution in [0.15, 0.2) is 30.3 Å². The van der Waals surface area contributed by atoms with Crippen LogP contribution in [-0.2, 0) is 26.8 Å². The Morgan fingerprint density at radius 3 is 2.52 bits per heavy atom. The zero-order chi connectivity index (χ0) is 15.7. The second kappa shape index (κ2) is 9.28. The second-order valence-corrected chi connectivity index (χ2v) is 6.35. The van der Waals surface area contributed by atoms with Gasteiger partial charge in [-0.2, -0.15) is 0 Å². The highest BCUT2D eigenvalue weighted by Gasteiger charge is 2.26. The number of hydrogen-bond donors (Lipinski definition) is 2. The third kappa shape index (κ3) is 6.53. The van der Waals surface area contributed by atoms with Gasteiger partial charge in [0, 0.05) is 17.3 Å². The van der Waals surface area contributed by atoms with Gasteiger partial charge in [-0.1, -0.05) is 37.3 Å². The number of amides is 1. The Bertz CT molecular complexity index is 490. The average Bonchev–Trinajstić information content (AvgIpc) is 2.46. The van der Waals surface area contributed by atoms with Gasteiger partial charge in [-0.05, 0) is 24.8 Å². The molecular weight excluding hydrogens is 290 g/mol. The summed E-state index contributed by atoms with van der Waals surface area (Å²) in [6, 6.07) is 9.43. The van der Waals surface area contributed by atoms with Crippen molar-refractivity contribution in [2.75, 3.05) is 12.3 Å². The van der Waals surface area contributed by atoms with E-state index in [-0.39, 0.29) is 18.1 Å². The molecule has 2 atom stereocenters. The molecule has 0 fully saturated rings. The van der Waals surface area contributed by atoms with Crippen LogP contribution < -0.4 is 5.32 Å². The minimum atomic E-state index is -1.71. The SMILES string of the molecule is CCCNC(=O)CS(=O)C(CCc1ccccc1)C(=O)O. The van der Waals surface area contributed by atoms with Crippen LogP contribution >= 0.6 is 0 Å². The number of carbonyl (C=O) groups excluding carboxylic acids is 1. The molecule has 0 heterocycles. The summed E-state index contributed by atoms with van der Waals surface area (Å²) in [4.78, 5) is 22.7. The Morgan fingerprint density at radius 1 is 1.29 bits per heavy atom. The van der Waals surface area contributed by atoms with Crippen LogP contribution in [0.2, 0.25) is 0 Å². The minimum Gasteiger partial charge on any atom is -0.480 e. The lowest BCUT2D eigenvalue weighted by Gasteiger charge is -2.12. The molecule has 0 bridgehead atoms. The van der Waals surface area contributed by atoms with Crippen molar-refractivity contribution < 1.29 is 18.9 Å². The van der Waals surface area contributed by atoms with E-state index in [9.17, 15) is 18.9 Å². The Kier molecular flexibility index (Phi) is 7.68. The zero-order valence-corrected chi connectivity index (χ0v) is 12.9. The van der Waals surface area contributed by atoms with Crippen LogP contribution in [0.25, 0.3) is 0 Å². The molecule has 0 radical (unpaired) electrons. The van der Waals surface area contributed by atoms with E-state index in [4.69, 9.17) is 0 Å². The van der Waals surface area contributed by atoms with Gasteiger partial charge in [0.25, 0.3) is 0 Å². The van der Waals surface area contributed by atoms with Gasteiger partial charge >= 0.3 is 5.97 Å². The molecular formula is C15H21NO4S. The summed E-state index contributed by atoms with van der Waals surface area (Å²) in [6.07, 6.45) is 1.57. The number of hydrogen-bond acceptors (Lipinski definition) is 3. The molecule has 1 aromatic rings. The molecule has 6 heteroatoms. The summed E-state index contributed by atoms with van der Waals surface area (Å²) in [5, 5.41) is 10.8. The molecule has 0 aliphatic rings. The number of carboxylic acid groups (broad SMARTS) is 1. The highest BCUT2D eigenvalue weighted by molar-refractivity contribution is 7.87. The maximum atomic E-state index is 12.0. The number of nitrogens with one attached hydrogen (secondary N) is 1. The standard InChI is InChI=1S/C15H21NO4S/c1-2-10-16-14(17)11-21(20)13(15(18)19)9-8-12-6-4-3-5-7-12/h3-7,13H,2,8-11H2,1H3,(H,16,17)(H,18,19). The smallest absolute Gasteiger partial charge is 0.319 e. The third-order valence-electron chi connectivity index (χ3n) is 2.98. The summed E-state index contributed by atoms with van der Waals surface area (Å²) >= 11 is 0. The van der Waals surface area contributed by atoms with Gasteiger partial charge in [-0.3, -0.25) is 13.8 Å². The fraction of sp³-hybridized carbons (Fsp3) is 0.467. The molecule has 5 nitrogen and oxygen atoms in total. The molecule has 116 valence electrons. The summed E-state index contributed by atoms with van der Waals surface area (Å²) in [6.45, 7) is 2.43. The van der Waals surface area contributed by atoms with Crippen molar-refractivity contribution in [3.8, 4) is 0 Å². The fourth-order valence-electron chi connectivity index (χ4n) is 1.86. The van der Waals surface area contributed by atoms with Crippen LogP contribution in [0.5, 0.6) is 0 Å². The lowest BCUT2D eigenvalue weighted by molar-refractivity contribution is -0.136. The van der Waals surface area contributed by atoms with Gasteiger partial charge in [0.1, 0.15) is 11.0 Å². The molecule has 2 N–H and O–H groups in total. The van der Waals surface area contributed by atoms with E-state index < -0.39 is 22.0 Å². The molecule has 1 rings (SSSR count). The van der Waals surface area contributed by atoms with Crippen molar-refractivity contribution in [1.29, 1.82) is 0 Å². The van der Waals surface area contributed by atoms with E-state index in [1.165, 1.54) is 0 Å². The molecule has 2 unspecified atom stereocenters. The summed E-state index contributed by atoms with van der Waals surface area (Å²) in [5.41, 5.74) is 0.996. The first-order valence-corrected chi connectivity index (χ1v) is 8.33. The first kappa shape index (κ1) is 17.4. The first-order chi connectivity index (χ1) is 10.0. The lowest BCUT2D eigenvalue weighted by atomic mass is 10.1. The molecule has 0 aliphatic carbocycles. The molecule has 1 aromatic carbocycles. The predicted octanol–water partition coefficient (Wildman–Crippen LogP) is 1.35. The summed E-state index contributed by atoms with van der Waals surface area (Å²) in [5.74, 6) is -1.74. The second-order valence-electron chi connectivity index (χ2n) is 4.73. The Balaban J connectivity index is 2.54. The van der Waals surface area contributed by atoms with E-state index >= 15 is 0 Å². The highest BCUT2D eigenvalue weighted by atomic mass is 32.2. The third-order valence-corrected chi connectivity index (χ3v) is 4.60. The Morgan fingerprint density at radius 2 is 1.95 bits per heavy atom. The van der Waals surface area contributed by atoms with Gasteiger partial charge < -0.3 is 10.4 Å². The van der Waals surface area contributed by atoms with Gasteiger partial charge in [0.05, 0.1) is 0 Å². The molecule has 0 saturated heterocycles. The molecule has 1 amide bonds. The quantitative estimate of drug-likeness (QED) is 0.721. The van der Waals surface area contributed by atoms with E-state index in [1.54, 1.807) is 0 Å². The van der Waals surface area contributed by atoms with E-state index in [2.05, 4.69) is 5.32 Å². The first-order valence-electron chi connectivity index (χ1n) is 6.95. The minimum absolute atomic E-state index is 0.257. The molecule has 0 saturated carbocycles. The van der Waals surface area contributed by atoms with Gasteiger partial charge in [0.15, 0.2) is 0 Å². The number of aliphatic carboxylic acids is 1. The molecule has 21 heavy (non-hydrogen) atoms. The molecule has 0 spiro atoms. The van der Waals surface area contributed by atoms with Crippen molar-refractivity contribution in [3.05, 3.63) is 35.9 Å². The predicted molar refractivity (Wildman–Crippen MR) is 82.5 cm³/mol. The number of rotatable bonds is 9. The Hall–Kier alpha value is -1.69. The normalized spacial score (nSPS) is 13.4. The molecule has 0 aromatic heterocycles. The van der Waals surface area contributed by atoms with Crippen molar-refractivity contribution >= 4 is 22.7 Å². The Labute approximate surface area is 127 Å². The van der Waals surface area contributed by atoms with Crippen molar-refractivity contribution in [2.24, 2.45) is 0 Å². The van der Waals surface area contributed by atoms with Crippen LogP contribution in [0.4, 0.5) is 0 Å². The van der Waals surface area contributed by atoms with Crippen LogP contribution in [0.3, 0.4) is 0 Å². The number of carbonyl (C=O) groups is 2. The van der Waals surface area contributed by atoms with Crippen LogP contribution in [0.1, 0.15) is 25.3 Å². The topological polar surface area (TPSA) is 83.5 Å². The monoisotopic (exact) mass is 311 g/mol. The van der Waals surface area contributed by atoms with E-state index in [0.29, 0.717) is 13.0 Å². The maximum absolute atomic E-state index is 12.0. The van der Waals surface area contributed by atoms with Gasteiger partial charge in [-0.15, -0.1) is 0 Å². The van der Waals surface area contributed by atoms with Gasteiger partial charge in [0.2, 0.25) is 5.91 Å². The van der Waals surface area contributed by atoms with Gasteiger partial charge in [-0.25, -0.2) is 0 Å². The lowest BCUT2D eigenvalue weighted by Crippen LogP contribution is -2.35. The zero-order valence-electron chi connectivity index (χ0n) is 12.1. The fourth-order valence-corrected chi connectivity index (χ4v) is 3.02. The maximum Gasteiger partial charge on any atom is 0.319 e. The van der Waals surface area contributed by atoms with Crippen LogP contribution in [0, 0.1) is 0 Å². The largest absolute Gasteiger partial charge is 0.480 e. The van der Waals surface area contributed by atoms with Crippen molar-refractivity contribution in [2.45, 2.75) is 31.4 Å². The van der Waals surface area contributed by atoms with E-state index in [1.807, 2.05) is 37.3 Å². The van der Waals surface area contributed by atoms with E-state index in [0.717, 1.165) is 12.0 Å².